The number of piperazine rings is 1. The van der Waals surface area contributed by atoms with Crippen LogP contribution in [-0.2, 0) is 11.3 Å². The van der Waals surface area contributed by atoms with Gasteiger partial charge in [-0.25, -0.2) is 8.78 Å². The average Bonchev–Trinajstić information content (AvgIpc) is 2.32. The highest BCUT2D eigenvalue weighted by Crippen LogP contribution is 2.24. The maximum atomic E-state index is 13.8. The molecule has 1 aliphatic heterocycles. The van der Waals surface area contributed by atoms with E-state index in [9.17, 15) is 13.6 Å². The van der Waals surface area contributed by atoms with E-state index >= 15 is 0 Å². The van der Waals surface area contributed by atoms with E-state index in [2.05, 4.69) is 5.32 Å². The van der Waals surface area contributed by atoms with Crippen molar-refractivity contribution in [3.8, 4) is 0 Å². The molecule has 6 heteroatoms. The first-order chi connectivity index (χ1) is 8.13. The number of anilines is 1. The van der Waals surface area contributed by atoms with Crippen molar-refractivity contribution >= 4 is 11.6 Å². The molecule has 0 spiro atoms. The summed E-state index contributed by atoms with van der Waals surface area (Å²) in [6.45, 7) is 0.879. The second-order valence-electron chi connectivity index (χ2n) is 3.85. The van der Waals surface area contributed by atoms with Crippen LogP contribution in [0.25, 0.3) is 0 Å². The van der Waals surface area contributed by atoms with Gasteiger partial charge in [-0.2, -0.15) is 0 Å². The van der Waals surface area contributed by atoms with Gasteiger partial charge in [0.25, 0.3) is 0 Å². The minimum absolute atomic E-state index is 0.0400. The van der Waals surface area contributed by atoms with Gasteiger partial charge < -0.3 is 16.0 Å². The number of nitrogens with zero attached hydrogens (tertiary/aromatic N) is 1. The van der Waals surface area contributed by atoms with Crippen LogP contribution in [0.5, 0.6) is 0 Å². The molecule has 92 valence electrons. The van der Waals surface area contributed by atoms with Crippen molar-refractivity contribution in [1.29, 1.82) is 0 Å². The first-order valence-electron chi connectivity index (χ1n) is 5.32. The van der Waals surface area contributed by atoms with Crippen LogP contribution in [0, 0.1) is 11.6 Å². The molecule has 1 aromatic rings. The lowest BCUT2D eigenvalue weighted by atomic mass is 10.1. The Morgan fingerprint density at radius 2 is 2.12 bits per heavy atom. The Kier molecular flexibility index (Phi) is 3.23. The van der Waals surface area contributed by atoms with Gasteiger partial charge in [0.1, 0.15) is 0 Å². The summed E-state index contributed by atoms with van der Waals surface area (Å²) in [6.07, 6.45) is 0. The summed E-state index contributed by atoms with van der Waals surface area (Å²) in [6, 6.07) is 2.90. The van der Waals surface area contributed by atoms with Gasteiger partial charge in [0.05, 0.1) is 12.2 Å². The van der Waals surface area contributed by atoms with Crippen molar-refractivity contribution in [2.45, 2.75) is 6.54 Å². The Labute approximate surface area is 97.4 Å². The predicted molar refractivity (Wildman–Crippen MR) is 59.5 cm³/mol. The predicted octanol–water partition coefficient (Wildman–Crippen LogP) is 0.360. The lowest BCUT2D eigenvalue weighted by Gasteiger charge is -2.29. The topological polar surface area (TPSA) is 58.4 Å². The van der Waals surface area contributed by atoms with Gasteiger partial charge in [0.2, 0.25) is 5.91 Å². The monoisotopic (exact) mass is 241 g/mol. The third kappa shape index (κ3) is 2.21. The summed E-state index contributed by atoms with van der Waals surface area (Å²) in [5.41, 5.74) is 5.52. The lowest BCUT2D eigenvalue weighted by molar-refractivity contribution is -0.120. The van der Waals surface area contributed by atoms with Gasteiger partial charge in [-0.3, -0.25) is 4.79 Å². The summed E-state index contributed by atoms with van der Waals surface area (Å²) < 4.78 is 27.3. The molecule has 0 radical (unpaired) electrons. The molecular formula is C11H13F2N3O. The number of nitrogens with one attached hydrogen (secondary N) is 1. The zero-order valence-corrected chi connectivity index (χ0v) is 9.17. The van der Waals surface area contributed by atoms with E-state index in [1.807, 2.05) is 0 Å². The highest BCUT2D eigenvalue weighted by atomic mass is 19.2. The van der Waals surface area contributed by atoms with Crippen molar-refractivity contribution in [3.05, 3.63) is 29.3 Å². The molecule has 1 saturated heterocycles. The number of nitrogens with two attached hydrogens (primary N) is 1. The first kappa shape index (κ1) is 11.8. The largest absolute Gasteiger partial charge is 0.358 e. The van der Waals surface area contributed by atoms with E-state index in [0.717, 1.165) is 0 Å². The summed E-state index contributed by atoms with van der Waals surface area (Å²) >= 11 is 0. The first-order valence-corrected chi connectivity index (χ1v) is 5.32. The Bertz CT molecular complexity index is 451. The molecule has 0 atom stereocenters. The second-order valence-corrected chi connectivity index (χ2v) is 3.85. The van der Waals surface area contributed by atoms with E-state index in [0.29, 0.717) is 13.1 Å². The van der Waals surface area contributed by atoms with Crippen LogP contribution < -0.4 is 16.0 Å². The molecule has 0 aliphatic carbocycles. The van der Waals surface area contributed by atoms with Gasteiger partial charge in [-0.1, -0.05) is 6.07 Å². The van der Waals surface area contributed by atoms with E-state index in [4.69, 9.17) is 5.73 Å². The molecule has 1 aliphatic rings. The van der Waals surface area contributed by atoms with E-state index in [1.165, 1.54) is 17.0 Å². The third-order valence-electron chi connectivity index (χ3n) is 2.74. The van der Waals surface area contributed by atoms with Crippen molar-refractivity contribution in [3.63, 3.8) is 0 Å². The number of carbonyl (C=O) groups excluding carboxylic acids is 1. The molecule has 0 aromatic heterocycles. The summed E-state index contributed by atoms with van der Waals surface area (Å²) in [5.74, 6) is -2.07. The Morgan fingerprint density at radius 1 is 1.35 bits per heavy atom. The van der Waals surface area contributed by atoms with Crippen LogP contribution in [0.3, 0.4) is 0 Å². The van der Waals surface area contributed by atoms with Crippen LogP contribution in [0.2, 0.25) is 0 Å². The van der Waals surface area contributed by atoms with E-state index in [1.54, 1.807) is 0 Å². The van der Waals surface area contributed by atoms with Crippen LogP contribution in [0.4, 0.5) is 14.5 Å². The number of halogens is 2. The molecular weight excluding hydrogens is 228 g/mol. The molecule has 1 amide bonds. The fourth-order valence-electron chi connectivity index (χ4n) is 1.83. The van der Waals surface area contributed by atoms with Gasteiger partial charge >= 0.3 is 0 Å². The van der Waals surface area contributed by atoms with Crippen molar-refractivity contribution in [2.75, 3.05) is 24.5 Å². The highest BCUT2D eigenvalue weighted by Gasteiger charge is 2.22. The fraction of sp³-hybridized carbons (Fsp3) is 0.364. The molecule has 3 N–H and O–H groups in total. The summed E-state index contributed by atoms with van der Waals surface area (Å²) in [5, 5.41) is 2.62. The maximum absolute atomic E-state index is 13.8. The van der Waals surface area contributed by atoms with Gasteiger partial charge in [0.15, 0.2) is 11.6 Å². The Hall–Kier alpha value is -1.69. The van der Waals surface area contributed by atoms with E-state index in [-0.39, 0.29) is 30.2 Å². The zero-order chi connectivity index (χ0) is 12.4. The quantitative estimate of drug-likeness (QED) is 0.786. The lowest BCUT2D eigenvalue weighted by Crippen LogP contribution is -2.48. The SMILES string of the molecule is NCc1ccc(N2CCNC(=O)C2)c(F)c1F. The van der Waals surface area contributed by atoms with Crippen molar-refractivity contribution < 1.29 is 13.6 Å². The fourth-order valence-corrected chi connectivity index (χ4v) is 1.83. The minimum Gasteiger partial charge on any atom is -0.358 e. The standard InChI is InChI=1S/C11H13F2N3O/c12-10-7(5-14)1-2-8(11(10)13)16-4-3-15-9(17)6-16/h1-2H,3-6,14H2,(H,15,17). The minimum atomic E-state index is -0.942. The molecule has 1 fully saturated rings. The van der Waals surface area contributed by atoms with Crippen LogP contribution in [-0.4, -0.2) is 25.5 Å². The smallest absolute Gasteiger partial charge is 0.239 e. The number of rotatable bonds is 2. The van der Waals surface area contributed by atoms with Gasteiger partial charge in [-0.15, -0.1) is 0 Å². The number of hydrogen-bond donors (Lipinski definition) is 2. The highest BCUT2D eigenvalue weighted by molar-refractivity contribution is 5.82. The molecule has 4 nitrogen and oxygen atoms in total. The normalized spacial score (nSPS) is 15.9. The molecule has 0 saturated carbocycles. The van der Waals surface area contributed by atoms with Crippen LogP contribution >= 0.6 is 0 Å². The van der Waals surface area contributed by atoms with Gasteiger partial charge in [0, 0.05) is 25.2 Å². The number of hydrogen-bond acceptors (Lipinski definition) is 3. The molecule has 0 bridgehead atoms. The van der Waals surface area contributed by atoms with Crippen LogP contribution in [0.15, 0.2) is 12.1 Å². The Morgan fingerprint density at radius 3 is 2.76 bits per heavy atom. The van der Waals surface area contributed by atoms with Crippen molar-refractivity contribution in [2.24, 2.45) is 5.73 Å². The number of amides is 1. The molecule has 17 heavy (non-hydrogen) atoms. The zero-order valence-electron chi connectivity index (χ0n) is 9.17. The molecule has 2 rings (SSSR count). The molecule has 1 heterocycles. The molecule has 1 aromatic carbocycles. The summed E-state index contributed by atoms with van der Waals surface area (Å²) in [4.78, 5) is 12.7. The van der Waals surface area contributed by atoms with E-state index < -0.39 is 11.6 Å². The van der Waals surface area contributed by atoms with Crippen molar-refractivity contribution in [1.82, 2.24) is 5.32 Å². The molecule has 0 unspecified atom stereocenters. The summed E-state index contributed by atoms with van der Waals surface area (Å²) in [7, 11) is 0. The second kappa shape index (κ2) is 4.67. The van der Waals surface area contributed by atoms with Gasteiger partial charge in [-0.05, 0) is 6.07 Å². The number of carbonyl (C=O) groups is 1. The van der Waals surface area contributed by atoms with Crippen LogP contribution in [0.1, 0.15) is 5.56 Å². The Balaban J connectivity index is 2.32. The average molecular weight is 241 g/mol. The third-order valence-corrected chi connectivity index (χ3v) is 2.74. The number of benzene rings is 1. The maximum Gasteiger partial charge on any atom is 0.239 e.